The van der Waals surface area contributed by atoms with Crippen LogP contribution in [0.4, 0.5) is 4.79 Å². The van der Waals surface area contributed by atoms with Crippen molar-refractivity contribution < 1.29 is 9.59 Å². The van der Waals surface area contributed by atoms with Crippen LogP contribution in [-0.4, -0.2) is 63.9 Å². The highest BCUT2D eigenvalue weighted by molar-refractivity contribution is 5.95. The maximum absolute atomic E-state index is 13.0. The van der Waals surface area contributed by atoms with Gasteiger partial charge in [0.1, 0.15) is 5.82 Å². The summed E-state index contributed by atoms with van der Waals surface area (Å²) in [7, 11) is 0. The molecule has 0 bridgehead atoms. The zero-order chi connectivity index (χ0) is 16.7. The van der Waals surface area contributed by atoms with Gasteiger partial charge in [0.15, 0.2) is 0 Å². The molecule has 24 heavy (non-hydrogen) atoms. The first-order valence-electron chi connectivity index (χ1n) is 8.81. The highest BCUT2D eigenvalue weighted by Gasteiger charge is 2.35. The Labute approximate surface area is 141 Å². The standard InChI is InChI=1S/C17H23N5O2/c1-11-19-9-14(15(20-11)12-4-5-12)16(23)21-7-2-3-13(10-21)22-8-6-18-17(22)24/h9,12-13H,2-8,10H2,1H3,(H,18,24). The first-order chi connectivity index (χ1) is 11.6. The molecular formula is C17H23N5O2. The summed E-state index contributed by atoms with van der Waals surface area (Å²) in [5.41, 5.74) is 1.56. The number of carbonyl (C=O) groups excluding carboxylic acids is 2. The summed E-state index contributed by atoms with van der Waals surface area (Å²) in [4.78, 5) is 37.4. The predicted octanol–water partition coefficient (Wildman–Crippen LogP) is 1.29. The normalized spacial score (nSPS) is 24.2. The van der Waals surface area contributed by atoms with E-state index in [2.05, 4.69) is 15.3 Å². The van der Waals surface area contributed by atoms with E-state index >= 15 is 0 Å². The number of likely N-dealkylation sites (tertiary alicyclic amines) is 1. The summed E-state index contributed by atoms with van der Waals surface area (Å²) < 4.78 is 0. The number of hydrogen-bond acceptors (Lipinski definition) is 4. The Balaban J connectivity index is 1.53. The smallest absolute Gasteiger partial charge is 0.317 e. The van der Waals surface area contributed by atoms with Gasteiger partial charge >= 0.3 is 6.03 Å². The van der Waals surface area contributed by atoms with Gasteiger partial charge in [-0.3, -0.25) is 4.79 Å². The van der Waals surface area contributed by atoms with Crippen molar-refractivity contribution in [2.45, 2.75) is 44.6 Å². The van der Waals surface area contributed by atoms with Gasteiger partial charge in [0.25, 0.3) is 5.91 Å². The molecule has 1 aromatic rings. The third kappa shape index (κ3) is 2.83. The molecule has 3 amide bonds. The lowest BCUT2D eigenvalue weighted by atomic mass is 10.0. The number of nitrogens with zero attached hydrogens (tertiary/aromatic N) is 4. The number of urea groups is 1. The van der Waals surface area contributed by atoms with E-state index in [1.54, 1.807) is 6.20 Å². The number of nitrogens with one attached hydrogen (secondary N) is 1. The van der Waals surface area contributed by atoms with E-state index in [9.17, 15) is 9.59 Å². The van der Waals surface area contributed by atoms with Gasteiger partial charge in [-0.1, -0.05) is 0 Å². The fraction of sp³-hybridized carbons (Fsp3) is 0.647. The molecule has 0 aromatic carbocycles. The molecular weight excluding hydrogens is 306 g/mol. The lowest BCUT2D eigenvalue weighted by Gasteiger charge is -2.37. The molecule has 7 nitrogen and oxygen atoms in total. The minimum atomic E-state index is -0.00774. The minimum Gasteiger partial charge on any atom is -0.336 e. The minimum absolute atomic E-state index is 0.00774. The molecule has 2 saturated heterocycles. The molecule has 1 aliphatic carbocycles. The Morgan fingerprint density at radius 2 is 2.12 bits per heavy atom. The van der Waals surface area contributed by atoms with Crippen LogP contribution >= 0.6 is 0 Å². The van der Waals surface area contributed by atoms with Crippen LogP contribution in [-0.2, 0) is 0 Å². The highest BCUT2D eigenvalue weighted by atomic mass is 16.2. The van der Waals surface area contributed by atoms with Gasteiger partial charge < -0.3 is 15.1 Å². The predicted molar refractivity (Wildman–Crippen MR) is 87.8 cm³/mol. The van der Waals surface area contributed by atoms with Gasteiger partial charge in [-0.25, -0.2) is 14.8 Å². The number of aromatic nitrogens is 2. The lowest BCUT2D eigenvalue weighted by Crippen LogP contribution is -2.50. The third-order valence-corrected chi connectivity index (χ3v) is 5.15. The molecule has 3 fully saturated rings. The number of carbonyl (C=O) groups is 2. The number of piperidine rings is 1. The Morgan fingerprint density at radius 3 is 2.83 bits per heavy atom. The summed E-state index contributed by atoms with van der Waals surface area (Å²) in [6, 6.07) is 0.104. The van der Waals surface area contributed by atoms with Crippen molar-refractivity contribution in [3.8, 4) is 0 Å². The summed E-state index contributed by atoms with van der Waals surface area (Å²) in [6.45, 7) is 4.63. The van der Waals surface area contributed by atoms with Crippen LogP contribution in [0.3, 0.4) is 0 Å². The third-order valence-electron chi connectivity index (χ3n) is 5.15. The van der Waals surface area contributed by atoms with Crippen molar-refractivity contribution in [1.82, 2.24) is 25.1 Å². The molecule has 3 aliphatic rings. The fourth-order valence-electron chi connectivity index (χ4n) is 3.72. The van der Waals surface area contributed by atoms with Crippen molar-refractivity contribution in [1.29, 1.82) is 0 Å². The van der Waals surface area contributed by atoms with E-state index < -0.39 is 0 Å². The number of hydrogen-bond donors (Lipinski definition) is 1. The van der Waals surface area contributed by atoms with Gasteiger partial charge in [-0.05, 0) is 32.6 Å². The maximum Gasteiger partial charge on any atom is 0.317 e. The van der Waals surface area contributed by atoms with Crippen molar-refractivity contribution in [3.63, 3.8) is 0 Å². The van der Waals surface area contributed by atoms with Crippen LogP contribution in [0.1, 0.15) is 53.5 Å². The summed E-state index contributed by atoms with van der Waals surface area (Å²) in [5, 5.41) is 2.84. The van der Waals surface area contributed by atoms with Crippen LogP contribution < -0.4 is 5.32 Å². The van der Waals surface area contributed by atoms with E-state index in [1.165, 1.54) is 0 Å². The van der Waals surface area contributed by atoms with Gasteiger partial charge in [-0.2, -0.15) is 0 Å². The second kappa shape index (κ2) is 6.03. The molecule has 7 heteroatoms. The average molecular weight is 329 g/mol. The molecule has 4 rings (SSSR count). The molecule has 2 aliphatic heterocycles. The van der Waals surface area contributed by atoms with Crippen LogP contribution in [0, 0.1) is 6.92 Å². The van der Waals surface area contributed by atoms with E-state index in [1.807, 2.05) is 16.7 Å². The first-order valence-corrected chi connectivity index (χ1v) is 8.81. The molecule has 0 radical (unpaired) electrons. The van der Waals surface area contributed by atoms with Crippen molar-refractivity contribution in [2.75, 3.05) is 26.2 Å². The Bertz CT molecular complexity index is 673. The molecule has 1 saturated carbocycles. The molecule has 1 atom stereocenters. The SMILES string of the molecule is Cc1ncc(C(=O)N2CCCC(N3CCNC3=O)C2)c(C2CC2)n1. The van der Waals surface area contributed by atoms with E-state index in [0.717, 1.165) is 50.3 Å². The van der Waals surface area contributed by atoms with Crippen LogP contribution in [0.15, 0.2) is 6.20 Å². The van der Waals surface area contributed by atoms with Crippen LogP contribution in [0.25, 0.3) is 0 Å². The summed E-state index contributed by atoms with van der Waals surface area (Å²) >= 11 is 0. The van der Waals surface area contributed by atoms with Gasteiger partial charge in [0, 0.05) is 38.3 Å². The largest absolute Gasteiger partial charge is 0.336 e. The van der Waals surface area contributed by atoms with Crippen LogP contribution in [0.5, 0.6) is 0 Å². The average Bonchev–Trinajstić information content (AvgIpc) is 3.35. The Hall–Kier alpha value is -2.18. The van der Waals surface area contributed by atoms with Crippen molar-refractivity contribution in [3.05, 3.63) is 23.3 Å². The van der Waals surface area contributed by atoms with Crippen molar-refractivity contribution >= 4 is 11.9 Å². The quantitative estimate of drug-likeness (QED) is 0.906. The molecule has 1 N–H and O–H groups in total. The number of aryl methyl sites for hydroxylation is 1. The summed E-state index contributed by atoms with van der Waals surface area (Å²) in [5.74, 6) is 1.15. The van der Waals surface area contributed by atoms with E-state index in [-0.39, 0.29) is 18.0 Å². The van der Waals surface area contributed by atoms with Gasteiger partial charge in [0.2, 0.25) is 0 Å². The lowest BCUT2D eigenvalue weighted by molar-refractivity contribution is 0.0632. The molecule has 3 heterocycles. The second-order valence-corrected chi connectivity index (χ2v) is 6.96. The second-order valence-electron chi connectivity index (χ2n) is 6.96. The summed E-state index contributed by atoms with van der Waals surface area (Å²) in [6.07, 6.45) is 5.77. The molecule has 1 unspecified atom stereocenters. The van der Waals surface area contributed by atoms with Crippen molar-refractivity contribution in [2.24, 2.45) is 0 Å². The zero-order valence-corrected chi connectivity index (χ0v) is 14.0. The number of rotatable bonds is 3. The van der Waals surface area contributed by atoms with E-state index in [0.29, 0.717) is 24.6 Å². The molecule has 0 spiro atoms. The van der Waals surface area contributed by atoms with Gasteiger partial charge in [0.05, 0.1) is 17.3 Å². The van der Waals surface area contributed by atoms with E-state index in [4.69, 9.17) is 0 Å². The monoisotopic (exact) mass is 329 g/mol. The fourth-order valence-corrected chi connectivity index (χ4v) is 3.72. The van der Waals surface area contributed by atoms with Crippen LogP contribution in [0.2, 0.25) is 0 Å². The Morgan fingerprint density at radius 1 is 1.29 bits per heavy atom. The molecule has 128 valence electrons. The first kappa shape index (κ1) is 15.4. The maximum atomic E-state index is 13.0. The van der Waals surface area contributed by atoms with Gasteiger partial charge in [-0.15, -0.1) is 0 Å². The zero-order valence-electron chi connectivity index (χ0n) is 14.0. The Kier molecular flexibility index (Phi) is 3.86. The number of amides is 3. The molecule has 1 aromatic heterocycles. The topological polar surface area (TPSA) is 78.4 Å². The highest BCUT2D eigenvalue weighted by Crippen LogP contribution is 2.40.